The van der Waals surface area contributed by atoms with Crippen molar-refractivity contribution in [3.05, 3.63) is 0 Å². The van der Waals surface area contributed by atoms with Crippen LogP contribution in [0.4, 0.5) is 0 Å². The summed E-state index contributed by atoms with van der Waals surface area (Å²) in [5, 5.41) is 13.5. The third-order valence-corrected chi connectivity index (χ3v) is 13.4. The van der Waals surface area contributed by atoms with E-state index in [0.717, 1.165) is 0 Å². The molecule has 0 saturated heterocycles. The molecule has 0 spiro atoms. The zero-order valence-corrected chi connectivity index (χ0v) is 13.8. The summed E-state index contributed by atoms with van der Waals surface area (Å²) in [4.78, 5) is 11.1. The van der Waals surface area contributed by atoms with Crippen LogP contribution in [-0.2, 0) is 4.79 Å². The van der Waals surface area contributed by atoms with E-state index in [1.165, 1.54) is 54.2 Å². The molecule has 0 fully saturated rings. The van der Waals surface area contributed by atoms with Crippen LogP contribution in [0.5, 0.6) is 0 Å². The third-order valence-electron chi connectivity index (χ3n) is 3.43. The number of hydrogen-bond acceptors (Lipinski definition) is 1. The van der Waals surface area contributed by atoms with Crippen LogP contribution >= 0.6 is 0 Å². The zero-order valence-electron chi connectivity index (χ0n) is 11.9. The molecule has 0 rings (SSSR count). The van der Waals surface area contributed by atoms with Gasteiger partial charge < -0.3 is 0 Å². The Morgan fingerprint density at radius 1 is 0.882 bits per heavy atom. The Morgan fingerprint density at radius 3 is 1.47 bits per heavy atom. The van der Waals surface area contributed by atoms with Gasteiger partial charge in [-0.3, -0.25) is 0 Å². The van der Waals surface area contributed by atoms with Gasteiger partial charge in [0.2, 0.25) is 0 Å². The van der Waals surface area contributed by atoms with Crippen LogP contribution in [0.3, 0.4) is 0 Å². The normalized spacial score (nSPS) is 11.7. The SMILES string of the molecule is CCCC[As+](CCCC)(CCCC)CC(=O)O. The molecule has 2 nitrogen and oxygen atoms in total. The summed E-state index contributed by atoms with van der Waals surface area (Å²) in [6, 6.07) is 0. The van der Waals surface area contributed by atoms with Gasteiger partial charge in [0.05, 0.1) is 0 Å². The van der Waals surface area contributed by atoms with Gasteiger partial charge in [-0.15, -0.1) is 0 Å². The standard InChI is InChI=1S/C14H29AsO2/c1-4-7-10-15(11-8-5-2,12-9-6-3)13-14(16)17/h4-13H2,1-3H3/p+1. The number of carboxylic acids is 1. The van der Waals surface area contributed by atoms with Crippen LogP contribution < -0.4 is 0 Å². The molecule has 0 amide bonds. The van der Waals surface area contributed by atoms with Crippen molar-refractivity contribution in [1.82, 2.24) is 0 Å². The average Bonchev–Trinajstić information content (AvgIpc) is 2.30. The fraction of sp³-hybridized carbons (Fsp3) is 0.929. The maximum atomic E-state index is 11.1. The zero-order chi connectivity index (χ0) is 13.1. The van der Waals surface area contributed by atoms with E-state index >= 15 is 0 Å². The third kappa shape index (κ3) is 7.86. The monoisotopic (exact) mass is 305 g/mol. The Hall–Kier alpha value is 0.0284. The molecular formula is C14H30AsO2+. The second kappa shape index (κ2) is 10.00. The Kier molecular flexibility index (Phi) is 10.0. The van der Waals surface area contributed by atoms with Crippen molar-refractivity contribution >= 4 is 19.5 Å². The maximum absolute atomic E-state index is 11.1. The van der Waals surface area contributed by atoms with Crippen LogP contribution in [0, 0.1) is 0 Å². The molecule has 1 N–H and O–H groups in total. The van der Waals surface area contributed by atoms with Crippen LogP contribution in [0.15, 0.2) is 0 Å². The molecule has 0 atom stereocenters. The van der Waals surface area contributed by atoms with Crippen molar-refractivity contribution in [2.24, 2.45) is 0 Å². The van der Waals surface area contributed by atoms with Crippen molar-refractivity contribution < 1.29 is 9.90 Å². The molecule has 0 heterocycles. The first-order valence-corrected chi connectivity index (χ1v) is 12.5. The average molecular weight is 305 g/mol. The summed E-state index contributed by atoms with van der Waals surface area (Å²) in [6.45, 7) is 6.64. The van der Waals surface area contributed by atoms with Gasteiger partial charge in [-0.25, -0.2) is 0 Å². The molecule has 0 aromatic heterocycles. The van der Waals surface area contributed by atoms with Gasteiger partial charge in [0.15, 0.2) is 0 Å². The van der Waals surface area contributed by atoms with E-state index in [1.54, 1.807) is 0 Å². The summed E-state index contributed by atoms with van der Waals surface area (Å²) in [6.07, 6.45) is 7.36. The molecule has 0 saturated carbocycles. The van der Waals surface area contributed by atoms with Gasteiger partial charge >= 0.3 is 110 Å². The number of unbranched alkanes of at least 4 members (excludes halogenated alkanes) is 3. The number of carboxylic acid groups (broad SMARTS) is 1. The molecule has 102 valence electrons. The molecule has 0 radical (unpaired) electrons. The van der Waals surface area contributed by atoms with Crippen LogP contribution in [0.1, 0.15) is 59.3 Å². The van der Waals surface area contributed by atoms with Gasteiger partial charge in [-0.2, -0.15) is 0 Å². The molecule has 0 bridgehead atoms. The fourth-order valence-electron chi connectivity index (χ4n) is 2.34. The van der Waals surface area contributed by atoms with Crippen molar-refractivity contribution in [2.75, 3.05) is 0 Å². The molecule has 17 heavy (non-hydrogen) atoms. The van der Waals surface area contributed by atoms with Crippen molar-refractivity contribution in [2.45, 2.75) is 80.1 Å². The van der Waals surface area contributed by atoms with Crippen molar-refractivity contribution in [3.63, 3.8) is 0 Å². The second-order valence-corrected chi connectivity index (χ2v) is 14.2. The molecule has 0 aromatic carbocycles. The number of carbonyl (C=O) groups is 1. The summed E-state index contributed by atoms with van der Waals surface area (Å²) >= 11 is -1.90. The number of rotatable bonds is 11. The Bertz CT molecular complexity index is 183. The van der Waals surface area contributed by atoms with E-state index in [9.17, 15) is 9.90 Å². The summed E-state index contributed by atoms with van der Waals surface area (Å²) in [7, 11) is 0. The van der Waals surface area contributed by atoms with E-state index in [4.69, 9.17) is 0 Å². The predicted molar refractivity (Wildman–Crippen MR) is 77.3 cm³/mol. The summed E-state index contributed by atoms with van der Waals surface area (Å²) < 4.78 is 0. The van der Waals surface area contributed by atoms with Crippen LogP contribution in [-0.4, -0.2) is 24.6 Å². The minimum absolute atomic E-state index is 0.540. The minimum atomic E-state index is -1.90. The van der Waals surface area contributed by atoms with Crippen LogP contribution in [0.2, 0.25) is 20.8 Å². The molecule has 0 aromatic rings. The Balaban J connectivity index is 4.56. The fourth-order valence-corrected chi connectivity index (χ4v) is 12.2. The van der Waals surface area contributed by atoms with E-state index in [-0.39, 0.29) is 0 Å². The first-order chi connectivity index (χ1) is 8.10. The van der Waals surface area contributed by atoms with E-state index in [2.05, 4.69) is 20.8 Å². The predicted octanol–water partition coefficient (Wildman–Crippen LogP) is 4.92. The second-order valence-electron chi connectivity index (χ2n) is 5.12. The van der Waals surface area contributed by atoms with E-state index < -0.39 is 19.5 Å². The Labute approximate surface area is 110 Å². The van der Waals surface area contributed by atoms with E-state index in [0.29, 0.717) is 5.21 Å². The first kappa shape index (κ1) is 17.0. The Morgan fingerprint density at radius 2 is 1.24 bits per heavy atom. The van der Waals surface area contributed by atoms with E-state index in [1.807, 2.05) is 0 Å². The molecule has 3 heteroatoms. The van der Waals surface area contributed by atoms with Crippen LogP contribution in [0.25, 0.3) is 0 Å². The van der Waals surface area contributed by atoms with Gasteiger partial charge in [-0.05, 0) is 0 Å². The summed E-state index contributed by atoms with van der Waals surface area (Å²) in [5.74, 6) is -0.541. The number of hydrogen-bond donors (Lipinski definition) is 1. The van der Waals surface area contributed by atoms with Gasteiger partial charge in [-0.1, -0.05) is 0 Å². The molecule has 0 aliphatic rings. The molecular weight excluding hydrogens is 275 g/mol. The molecule has 0 aliphatic heterocycles. The van der Waals surface area contributed by atoms with Crippen molar-refractivity contribution in [1.29, 1.82) is 0 Å². The van der Waals surface area contributed by atoms with Crippen molar-refractivity contribution in [3.8, 4) is 0 Å². The molecule has 0 aliphatic carbocycles. The topological polar surface area (TPSA) is 37.3 Å². The molecule has 0 unspecified atom stereocenters. The van der Waals surface area contributed by atoms with Gasteiger partial charge in [0.25, 0.3) is 0 Å². The quantitative estimate of drug-likeness (QED) is 0.550. The number of aliphatic carboxylic acids is 1. The first-order valence-electron chi connectivity index (χ1n) is 7.17. The van der Waals surface area contributed by atoms with Gasteiger partial charge in [0, 0.05) is 0 Å². The summed E-state index contributed by atoms with van der Waals surface area (Å²) in [5.41, 5.74) is 0. The van der Waals surface area contributed by atoms with Gasteiger partial charge in [0.1, 0.15) is 0 Å².